The Morgan fingerprint density at radius 2 is 0.986 bits per heavy atom. The molecule has 0 spiro atoms. The van der Waals surface area contributed by atoms with Crippen LogP contribution in [0.15, 0.2) is 111 Å². The number of aromatic nitrogens is 16. The highest BCUT2D eigenvalue weighted by Crippen LogP contribution is 2.36. The first-order valence-electron chi connectivity index (χ1n) is 21.2. The van der Waals surface area contributed by atoms with E-state index in [1.54, 1.807) is 82.8 Å². The number of fused-ring (bicyclic) bond motifs is 4. The van der Waals surface area contributed by atoms with E-state index in [2.05, 4.69) is 86.0 Å². The Balaban J connectivity index is 0.000000115. The van der Waals surface area contributed by atoms with E-state index in [0.29, 0.717) is 5.16 Å². The number of aryl methyl sites for hydroxylation is 1. The van der Waals surface area contributed by atoms with Crippen LogP contribution in [0.5, 0.6) is 11.5 Å². The van der Waals surface area contributed by atoms with Crippen molar-refractivity contribution in [2.45, 2.75) is 59.0 Å². The second-order valence-electron chi connectivity index (χ2n) is 14.7. The van der Waals surface area contributed by atoms with Gasteiger partial charge in [-0.15, -0.1) is 62.2 Å². The zero-order valence-electron chi connectivity index (χ0n) is 36.5. The SMILES string of the molecule is Cn1nnnc1Sc1ncnc2scnc12.Oc1ccc(CCNc2ncnc3scnc23)cc1.Oc1ccc(CCNc2ncnc3scnc23)cc1.c1nc(SC2CCCC2)c2ncsc2n1. The quantitative estimate of drug-likeness (QED) is 0.0833. The van der Waals surface area contributed by atoms with E-state index in [-0.39, 0.29) is 11.5 Å². The first kappa shape index (κ1) is 47.4. The smallest absolute Gasteiger partial charge is 0.215 e. The Hall–Kier alpha value is -6.71. The van der Waals surface area contributed by atoms with Crippen LogP contribution in [-0.4, -0.2) is 109 Å². The Morgan fingerprint density at radius 3 is 1.46 bits per heavy atom. The van der Waals surface area contributed by atoms with Gasteiger partial charge in [0.05, 0.1) is 22.0 Å². The number of tetrazole rings is 1. The monoisotopic (exact) mass is 1030 g/mol. The average molecular weight is 1030 g/mol. The number of nitrogens with one attached hydrogen (secondary N) is 2. The molecule has 20 nitrogen and oxygen atoms in total. The predicted molar refractivity (Wildman–Crippen MR) is 272 cm³/mol. The van der Waals surface area contributed by atoms with Gasteiger partial charge in [0.2, 0.25) is 5.16 Å². The van der Waals surface area contributed by atoms with Gasteiger partial charge in [-0.3, -0.25) is 0 Å². The molecule has 0 aliphatic heterocycles. The molecule has 1 aliphatic carbocycles. The highest BCUT2D eigenvalue weighted by molar-refractivity contribution is 8.00. The van der Waals surface area contributed by atoms with Crippen molar-refractivity contribution >= 4 is 122 Å². The van der Waals surface area contributed by atoms with Crippen LogP contribution < -0.4 is 10.6 Å². The number of phenols is 2. The standard InChI is InChI=1S/2C13H12N4OS.C10H11N3S2.C7H5N7S2/c2*18-10-3-1-9(2-4-10)5-6-14-12-11-13(16-7-15-12)19-8-17-11;1-2-4-7(3-1)15-10-8-9(11-5-12-10)14-6-13-8;1-14-7(11-12-13-14)16-6-4-5(8-2-9-6)15-3-10-4/h2*1-4,7-8,18H,5-6H2,(H,14,15,16);5-7H,1-4H2;2-3H,1H3. The topological polar surface area (TPSA) is 263 Å². The van der Waals surface area contributed by atoms with E-state index in [1.807, 2.05) is 41.5 Å². The summed E-state index contributed by atoms with van der Waals surface area (Å²) in [4.78, 5) is 54.3. The summed E-state index contributed by atoms with van der Waals surface area (Å²) in [5.74, 6) is 2.11. The molecule has 1 aliphatic rings. The van der Waals surface area contributed by atoms with Crippen LogP contribution in [0, 0.1) is 0 Å². The molecule has 0 unspecified atom stereocenters. The highest BCUT2D eigenvalue weighted by Gasteiger charge is 2.19. The number of rotatable bonds is 12. The van der Waals surface area contributed by atoms with Gasteiger partial charge >= 0.3 is 0 Å². The maximum atomic E-state index is 9.22. The molecule has 2 aromatic carbocycles. The summed E-state index contributed by atoms with van der Waals surface area (Å²) >= 11 is 9.33. The molecule has 0 atom stereocenters. The minimum atomic E-state index is 0.289. The molecule has 69 heavy (non-hydrogen) atoms. The molecule has 4 N–H and O–H groups in total. The molecule has 1 fully saturated rings. The van der Waals surface area contributed by atoms with Crippen molar-refractivity contribution in [1.29, 1.82) is 0 Å². The van der Waals surface area contributed by atoms with Crippen LogP contribution in [0.25, 0.3) is 41.4 Å². The zero-order chi connectivity index (χ0) is 47.2. The van der Waals surface area contributed by atoms with Crippen LogP contribution in [-0.2, 0) is 19.9 Å². The maximum Gasteiger partial charge on any atom is 0.215 e. The summed E-state index contributed by atoms with van der Waals surface area (Å²) in [6.45, 7) is 1.52. The molecule has 12 rings (SSSR count). The largest absolute Gasteiger partial charge is 0.508 e. The van der Waals surface area contributed by atoms with Crippen molar-refractivity contribution in [2.75, 3.05) is 23.7 Å². The third-order valence-corrected chi connectivity index (χ3v) is 15.4. The third kappa shape index (κ3) is 12.7. The first-order valence-corrected chi connectivity index (χ1v) is 26.4. The van der Waals surface area contributed by atoms with Crippen molar-refractivity contribution < 1.29 is 10.2 Å². The van der Waals surface area contributed by atoms with Gasteiger partial charge in [0, 0.05) is 25.4 Å². The Labute approximate surface area is 417 Å². The van der Waals surface area contributed by atoms with Gasteiger partial charge in [-0.25, -0.2) is 64.5 Å². The van der Waals surface area contributed by atoms with Crippen LogP contribution in [0.4, 0.5) is 11.6 Å². The minimum Gasteiger partial charge on any atom is -0.508 e. The lowest BCUT2D eigenvalue weighted by atomic mass is 10.1. The lowest BCUT2D eigenvalue weighted by Crippen LogP contribution is -2.06. The molecule has 0 amide bonds. The van der Waals surface area contributed by atoms with E-state index in [9.17, 15) is 10.2 Å². The zero-order valence-corrected chi connectivity index (χ0v) is 41.4. The number of hydrogen-bond donors (Lipinski definition) is 4. The summed E-state index contributed by atoms with van der Waals surface area (Å²) in [7, 11) is 1.78. The number of nitrogens with zero attached hydrogens (tertiary/aromatic N) is 16. The fourth-order valence-corrected chi connectivity index (χ4v) is 11.3. The maximum absolute atomic E-state index is 9.22. The number of anilines is 2. The van der Waals surface area contributed by atoms with Crippen molar-refractivity contribution in [3.63, 3.8) is 0 Å². The van der Waals surface area contributed by atoms with Gasteiger partial charge in [-0.1, -0.05) is 37.1 Å². The summed E-state index contributed by atoms with van der Waals surface area (Å²) in [6, 6.07) is 14.4. The predicted octanol–water partition coefficient (Wildman–Crippen LogP) is 8.78. The summed E-state index contributed by atoms with van der Waals surface area (Å²) in [6.07, 6.45) is 13.3. The molecular weight excluding hydrogens is 993 g/mol. The lowest BCUT2D eigenvalue weighted by molar-refractivity contribution is 0.474. The molecule has 9 aromatic heterocycles. The van der Waals surface area contributed by atoms with Gasteiger partial charge in [-0.05, 0) is 83.3 Å². The van der Waals surface area contributed by atoms with E-state index in [1.165, 1.54) is 77.8 Å². The third-order valence-electron chi connectivity index (χ3n) is 10.1. The highest BCUT2D eigenvalue weighted by atomic mass is 32.2. The van der Waals surface area contributed by atoms with E-state index >= 15 is 0 Å². The number of phenolic OH excluding ortho intramolecular Hbond substituents is 2. The number of thiazole rings is 4. The molecule has 350 valence electrons. The molecule has 11 aromatic rings. The van der Waals surface area contributed by atoms with Crippen molar-refractivity contribution in [1.82, 2.24) is 80.0 Å². The lowest BCUT2D eigenvalue weighted by Gasteiger charge is -2.06. The fraction of sp³-hybridized carbons (Fsp3) is 0.233. The number of benzene rings is 2. The molecular formula is C43H40N18O2S6. The van der Waals surface area contributed by atoms with Gasteiger partial charge in [0.1, 0.15) is 88.2 Å². The van der Waals surface area contributed by atoms with Crippen molar-refractivity contribution in [3.8, 4) is 11.5 Å². The Bertz CT molecular complexity index is 3220. The van der Waals surface area contributed by atoms with Gasteiger partial charge in [-0.2, -0.15) is 0 Å². The second-order valence-corrected chi connectivity index (χ2v) is 20.3. The molecule has 0 saturated heterocycles. The van der Waals surface area contributed by atoms with Crippen LogP contribution >= 0.6 is 68.9 Å². The van der Waals surface area contributed by atoms with Crippen LogP contribution in [0.3, 0.4) is 0 Å². The Morgan fingerprint density at radius 1 is 0.551 bits per heavy atom. The van der Waals surface area contributed by atoms with Crippen molar-refractivity contribution in [3.05, 3.63) is 107 Å². The second kappa shape index (κ2) is 23.5. The molecule has 0 bridgehead atoms. The summed E-state index contributed by atoms with van der Waals surface area (Å²) in [5, 5.41) is 39.4. The molecule has 9 heterocycles. The molecule has 0 radical (unpaired) electrons. The first-order chi connectivity index (χ1) is 33.9. The van der Waals surface area contributed by atoms with E-state index in [4.69, 9.17) is 0 Å². The molecule has 26 heteroatoms. The normalized spacial score (nSPS) is 12.3. The van der Waals surface area contributed by atoms with E-state index < -0.39 is 0 Å². The number of hydrogen-bond acceptors (Lipinski definition) is 25. The number of thioether (sulfide) groups is 1. The summed E-state index contributed by atoms with van der Waals surface area (Å²) < 4.78 is 1.59. The van der Waals surface area contributed by atoms with E-state index in [0.717, 1.165) is 105 Å². The molecule has 1 saturated carbocycles. The average Bonchev–Trinajstić information content (AvgIpc) is 4.24. The van der Waals surface area contributed by atoms with Crippen LogP contribution in [0.1, 0.15) is 36.8 Å². The van der Waals surface area contributed by atoms with Crippen molar-refractivity contribution in [2.24, 2.45) is 7.05 Å². The minimum absolute atomic E-state index is 0.289. The fourth-order valence-electron chi connectivity index (χ4n) is 6.69. The summed E-state index contributed by atoms with van der Waals surface area (Å²) in [5.41, 5.74) is 12.9. The van der Waals surface area contributed by atoms with Crippen LogP contribution in [0.2, 0.25) is 0 Å². The Kier molecular flexibility index (Phi) is 16.2. The van der Waals surface area contributed by atoms with Gasteiger partial charge < -0.3 is 20.8 Å². The number of aromatic hydroxyl groups is 2. The van der Waals surface area contributed by atoms with Gasteiger partial charge in [0.15, 0.2) is 11.6 Å². The van der Waals surface area contributed by atoms with Gasteiger partial charge in [0.25, 0.3) is 0 Å².